The van der Waals surface area contributed by atoms with E-state index < -0.39 is 17.5 Å². The minimum Gasteiger partial charge on any atom is -0.497 e. The van der Waals surface area contributed by atoms with E-state index in [2.05, 4.69) is 10.6 Å². The Morgan fingerprint density at radius 2 is 2.07 bits per heavy atom. The van der Waals surface area contributed by atoms with Crippen LogP contribution in [0, 0.1) is 5.92 Å². The summed E-state index contributed by atoms with van der Waals surface area (Å²) in [6, 6.07) is 4.46. The molecule has 1 heterocycles. The molecule has 1 aliphatic heterocycles. The molecule has 8 nitrogen and oxygen atoms in total. The number of nitrogens with one attached hydrogen (secondary N) is 2. The summed E-state index contributed by atoms with van der Waals surface area (Å²) in [7, 11) is 3.02. The Morgan fingerprint density at radius 3 is 2.74 bits per heavy atom. The average molecular weight is 375 g/mol. The van der Waals surface area contributed by atoms with E-state index in [9.17, 15) is 14.4 Å². The molecule has 1 aromatic carbocycles. The highest BCUT2D eigenvalue weighted by Crippen LogP contribution is 2.38. The van der Waals surface area contributed by atoms with E-state index in [1.165, 1.54) is 14.2 Å². The Kier molecular flexibility index (Phi) is 5.25. The monoisotopic (exact) mass is 375 g/mol. The van der Waals surface area contributed by atoms with Crippen molar-refractivity contribution >= 4 is 23.5 Å². The molecule has 1 aliphatic carbocycles. The molecule has 3 rings (SSSR count). The molecule has 146 valence electrons. The van der Waals surface area contributed by atoms with Gasteiger partial charge in [0.1, 0.15) is 23.6 Å². The molecule has 2 aliphatic rings. The number of rotatable bonds is 5. The zero-order valence-electron chi connectivity index (χ0n) is 15.8. The summed E-state index contributed by atoms with van der Waals surface area (Å²) in [4.78, 5) is 38.8. The summed E-state index contributed by atoms with van der Waals surface area (Å²) in [5.74, 6) is 0.293. The number of imide groups is 1. The largest absolute Gasteiger partial charge is 0.497 e. The Hall–Kier alpha value is -2.77. The molecular weight excluding hydrogens is 350 g/mol. The summed E-state index contributed by atoms with van der Waals surface area (Å²) in [6.45, 7) is 1.64. The number of amides is 4. The second-order valence-corrected chi connectivity index (χ2v) is 7.05. The number of methoxy groups -OCH3 is 2. The van der Waals surface area contributed by atoms with E-state index in [-0.39, 0.29) is 18.4 Å². The molecule has 2 fully saturated rings. The molecule has 0 unspecified atom stereocenters. The highest BCUT2D eigenvalue weighted by molar-refractivity contribution is 6.10. The van der Waals surface area contributed by atoms with E-state index in [1.54, 1.807) is 18.2 Å². The summed E-state index contributed by atoms with van der Waals surface area (Å²) in [6.07, 6.45) is 3.43. The number of benzene rings is 1. The van der Waals surface area contributed by atoms with E-state index in [0.717, 1.165) is 24.2 Å². The van der Waals surface area contributed by atoms with Gasteiger partial charge in [-0.25, -0.2) is 4.79 Å². The lowest BCUT2D eigenvalue weighted by Gasteiger charge is -2.36. The number of urea groups is 1. The minimum absolute atomic E-state index is 0.0532. The van der Waals surface area contributed by atoms with Gasteiger partial charge < -0.3 is 20.1 Å². The Balaban J connectivity index is 1.71. The third-order valence-corrected chi connectivity index (χ3v) is 5.49. The van der Waals surface area contributed by atoms with Gasteiger partial charge in [-0.2, -0.15) is 0 Å². The van der Waals surface area contributed by atoms with Crippen LogP contribution in [-0.4, -0.2) is 49.0 Å². The van der Waals surface area contributed by atoms with Crippen LogP contribution < -0.4 is 20.1 Å². The van der Waals surface area contributed by atoms with Crippen molar-refractivity contribution in [1.82, 2.24) is 10.2 Å². The number of anilines is 1. The topological polar surface area (TPSA) is 97.0 Å². The van der Waals surface area contributed by atoms with Crippen molar-refractivity contribution in [3.05, 3.63) is 18.2 Å². The van der Waals surface area contributed by atoms with Crippen molar-refractivity contribution in [3.8, 4) is 11.5 Å². The quantitative estimate of drug-likeness (QED) is 0.769. The van der Waals surface area contributed by atoms with Crippen molar-refractivity contribution in [1.29, 1.82) is 0 Å². The van der Waals surface area contributed by atoms with E-state index in [4.69, 9.17) is 9.47 Å². The number of hydrogen-bond donors (Lipinski definition) is 2. The van der Waals surface area contributed by atoms with Gasteiger partial charge in [-0.3, -0.25) is 14.5 Å². The van der Waals surface area contributed by atoms with E-state index in [0.29, 0.717) is 23.6 Å². The van der Waals surface area contributed by atoms with Gasteiger partial charge in [-0.15, -0.1) is 0 Å². The van der Waals surface area contributed by atoms with E-state index >= 15 is 0 Å². The maximum atomic E-state index is 12.9. The fourth-order valence-electron chi connectivity index (χ4n) is 3.87. The first kappa shape index (κ1) is 19.0. The molecule has 4 amide bonds. The van der Waals surface area contributed by atoms with Crippen molar-refractivity contribution < 1.29 is 23.9 Å². The molecule has 1 saturated heterocycles. The van der Waals surface area contributed by atoms with E-state index in [1.807, 2.05) is 6.92 Å². The number of carbonyl (C=O) groups excluding carboxylic acids is 3. The van der Waals surface area contributed by atoms with Crippen LogP contribution in [0.3, 0.4) is 0 Å². The van der Waals surface area contributed by atoms with Crippen LogP contribution in [0.1, 0.15) is 32.6 Å². The van der Waals surface area contributed by atoms with Crippen LogP contribution in [0.5, 0.6) is 11.5 Å². The first-order valence-electron chi connectivity index (χ1n) is 9.07. The summed E-state index contributed by atoms with van der Waals surface area (Å²) in [5, 5.41) is 5.53. The van der Waals surface area contributed by atoms with Crippen LogP contribution in [0.15, 0.2) is 18.2 Å². The lowest BCUT2D eigenvalue weighted by Crippen LogP contribution is -2.54. The first-order chi connectivity index (χ1) is 12.9. The molecule has 1 saturated carbocycles. The van der Waals surface area contributed by atoms with Crippen molar-refractivity contribution in [2.45, 2.75) is 38.1 Å². The molecule has 0 bridgehead atoms. The van der Waals surface area contributed by atoms with Crippen molar-refractivity contribution in [2.75, 3.05) is 26.1 Å². The van der Waals surface area contributed by atoms with Gasteiger partial charge in [0.15, 0.2) is 0 Å². The molecule has 0 radical (unpaired) electrons. The molecule has 0 aromatic heterocycles. The first-order valence-corrected chi connectivity index (χ1v) is 9.07. The molecule has 8 heteroatoms. The van der Waals surface area contributed by atoms with Gasteiger partial charge in [-0.1, -0.05) is 19.8 Å². The number of nitrogens with zero attached hydrogens (tertiary/aromatic N) is 1. The Morgan fingerprint density at radius 1 is 1.30 bits per heavy atom. The Labute approximate surface area is 158 Å². The fraction of sp³-hybridized carbons (Fsp3) is 0.526. The maximum absolute atomic E-state index is 12.9. The SMILES string of the molecule is COc1ccc(NC(=O)CN2C(=O)N[C@@]3(CCCC[C@H]3C)C2=O)c(OC)c1. The molecule has 2 atom stereocenters. The second kappa shape index (κ2) is 7.46. The van der Waals surface area contributed by atoms with Gasteiger partial charge >= 0.3 is 6.03 Å². The predicted octanol–water partition coefficient (Wildman–Crippen LogP) is 2.14. The Bertz CT molecular complexity index is 766. The van der Waals surface area contributed by atoms with Crippen molar-refractivity contribution in [3.63, 3.8) is 0 Å². The summed E-state index contributed by atoms with van der Waals surface area (Å²) < 4.78 is 10.4. The van der Waals surface area contributed by atoms with Gasteiger partial charge in [0.05, 0.1) is 19.9 Å². The normalized spacial score (nSPS) is 24.7. The van der Waals surface area contributed by atoms with Gasteiger partial charge in [0, 0.05) is 6.07 Å². The minimum atomic E-state index is -0.868. The number of ether oxygens (including phenoxy) is 2. The summed E-state index contributed by atoms with van der Waals surface area (Å²) >= 11 is 0. The van der Waals surface area contributed by atoms with Crippen LogP contribution >= 0.6 is 0 Å². The molecular formula is C19H25N3O5. The highest BCUT2D eigenvalue weighted by Gasteiger charge is 2.55. The smallest absolute Gasteiger partial charge is 0.325 e. The van der Waals surface area contributed by atoms with Crippen LogP contribution in [0.2, 0.25) is 0 Å². The average Bonchev–Trinajstić information content (AvgIpc) is 2.89. The lowest BCUT2D eigenvalue weighted by molar-refractivity contribution is -0.136. The third kappa shape index (κ3) is 3.43. The van der Waals surface area contributed by atoms with Crippen molar-refractivity contribution in [2.24, 2.45) is 5.92 Å². The number of hydrogen-bond acceptors (Lipinski definition) is 5. The molecule has 2 N–H and O–H groups in total. The molecule has 27 heavy (non-hydrogen) atoms. The summed E-state index contributed by atoms with van der Waals surface area (Å²) in [5.41, 5.74) is -0.427. The van der Waals surface area contributed by atoms with Crippen LogP contribution in [0.4, 0.5) is 10.5 Å². The highest BCUT2D eigenvalue weighted by atomic mass is 16.5. The third-order valence-electron chi connectivity index (χ3n) is 5.49. The second-order valence-electron chi connectivity index (χ2n) is 7.05. The zero-order chi connectivity index (χ0) is 19.6. The zero-order valence-corrected chi connectivity index (χ0v) is 15.8. The van der Waals surface area contributed by atoms with Gasteiger partial charge in [-0.05, 0) is 30.9 Å². The number of carbonyl (C=O) groups is 3. The van der Waals surface area contributed by atoms with Crippen LogP contribution in [-0.2, 0) is 9.59 Å². The van der Waals surface area contributed by atoms with Gasteiger partial charge in [0.25, 0.3) is 5.91 Å². The lowest BCUT2D eigenvalue weighted by atomic mass is 9.73. The van der Waals surface area contributed by atoms with Crippen LogP contribution in [0.25, 0.3) is 0 Å². The fourth-order valence-corrected chi connectivity index (χ4v) is 3.87. The predicted molar refractivity (Wildman–Crippen MR) is 98.8 cm³/mol. The standard InChI is InChI=1S/C19H25N3O5/c1-12-6-4-5-9-19(12)17(24)22(18(25)21-19)11-16(23)20-14-8-7-13(26-2)10-15(14)27-3/h7-8,10,12H,4-6,9,11H2,1-3H3,(H,20,23)(H,21,25)/t12-,19-/m1/s1. The van der Waals surface area contributed by atoms with Gasteiger partial charge in [0.2, 0.25) is 5.91 Å². The molecule has 1 spiro atoms. The maximum Gasteiger partial charge on any atom is 0.325 e. The molecule has 1 aromatic rings.